The van der Waals surface area contributed by atoms with Crippen molar-refractivity contribution in [3.8, 4) is 0 Å². The van der Waals surface area contributed by atoms with Crippen molar-refractivity contribution in [3.05, 3.63) is 51.4 Å². The molecule has 1 N–H and O–H groups in total. The molecule has 1 aromatic heterocycles. The summed E-state index contributed by atoms with van der Waals surface area (Å²) in [5.74, 6) is 0. The first-order chi connectivity index (χ1) is 8.19. The smallest absolute Gasteiger partial charge is 0.251 e. The molecular weight excluding hydrogens is 260 g/mol. The molecular formula is C11H7ClN2O2S. The van der Waals surface area contributed by atoms with E-state index in [1.54, 1.807) is 18.2 Å². The van der Waals surface area contributed by atoms with Gasteiger partial charge in [-0.1, -0.05) is 29.4 Å². The number of carbonyl (C=O) groups is 1. The van der Waals surface area contributed by atoms with Crippen LogP contribution in [0.2, 0.25) is 5.02 Å². The van der Waals surface area contributed by atoms with E-state index in [2.05, 4.69) is 9.97 Å². The molecule has 0 bridgehead atoms. The van der Waals surface area contributed by atoms with Crippen LogP contribution < -0.4 is 5.56 Å². The van der Waals surface area contributed by atoms with E-state index in [4.69, 9.17) is 11.6 Å². The molecule has 6 heteroatoms. The lowest BCUT2D eigenvalue weighted by atomic mass is 10.2. The van der Waals surface area contributed by atoms with Gasteiger partial charge in [0.25, 0.3) is 5.56 Å². The minimum Gasteiger partial charge on any atom is -0.301 e. The average molecular weight is 267 g/mol. The number of aromatic amines is 1. The maximum absolute atomic E-state index is 11.1. The lowest BCUT2D eigenvalue weighted by molar-refractivity contribution is 0.112. The molecule has 1 aromatic carbocycles. The SMILES string of the molecule is O=Cc1ccc(Sc2nccc(=O)[nH]2)c(Cl)c1. The Morgan fingerprint density at radius 2 is 2.18 bits per heavy atom. The Kier molecular flexibility index (Phi) is 3.61. The van der Waals surface area contributed by atoms with E-state index < -0.39 is 0 Å². The molecule has 0 fully saturated rings. The van der Waals surface area contributed by atoms with Crippen LogP contribution in [-0.4, -0.2) is 16.3 Å². The van der Waals surface area contributed by atoms with Gasteiger partial charge in [-0.05, 0) is 12.1 Å². The van der Waals surface area contributed by atoms with E-state index in [9.17, 15) is 9.59 Å². The van der Waals surface area contributed by atoms with Gasteiger partial charge in [-0.25, -0.2) is 4.98 Å². The van der Waals surface area contributed by atoms with E-state index >= 15 is 0 Å². The molecule has 0 aliphatic carbocycles. The zero-order valence-corrected chi connectivity index (χ0v) is 10.1. The maximum atomic E-state index is 11.1. The van der Waals surface area contributed by atoms with Crippen LogP contribution in [0.25, 0.3) is 0 Å². The minimum atomic E-state index is -0.219. The number of aldehydes is 1. The summed E-state index contributed by atoms with van der Waals surface area (Å²) < 4.78 is 0. The predicted octanol–water partition coefficient (Wildman–Crippen LogP) is 2.39. The molecule has 2 aromatic rings. The number of nitrogens with zero attached hydrogens (tertiary/aromatic N) is 1. The van der Waals surface area contributed by atoms with Gasteiger partial charge in [0.2, 0.25) is 0 Å². The summed E-state index contributed by atoms with van der Waals surface area (Å²) in [4.78, 5) is 28.9. The fourth-order valence-corrected chi connectivity index (χ4v) is 2.25. The van der Waals surface area contributed by atoms with Gasteiger partial charge in [-0.3, -0.25) is 9.59 Å². The van der Waals surface area contributed by atoms with Crippen molar-refractivity contribution < 1.29 is 4.79 Å². The molecule has 0 unspecified atom stereocenters. The molecule has 4 nitrogen and oxygen atoms in total. The Labute approximate surface area is 106 Å². The fourth-order valence-electron chi connectivity index (χ4n) is 1.18. The van der Waals surface area contributed by atoms with E-state index in [0.29, 0.717) is 15.7 Å². The standard InChI is InChI=1S/C11H7ClN2O2S/c12-8-5-7(6-15)1-2-9(8)17-11-13-4-3-10(16)14-11/h1-6H,(H,13,14,16). The monoisotopic (exact) mass is 266 g/mol. The Bertz CT molecular complexity index is 612. The van der Waals surface area contributed by atoms with E-state index in [-0.39, 0.29) is 5.56 Å². The number of halogens is 1. The van der Waals surface area contributed by atoms with Crippen molar-refractivity contribution in [2.45, 2.75) is 10.1 Å². The molecule has 1 heterocycles. The number of H-pyrrole nitrogens is 1. The molecule has 0 radical (unpaired) electrons. The molecule has 2 rings (SSSR count). The quantitative estimate of drug-likeness (QED) is 0.684. The third kappa shape index (κ3) is 2.95. The van der Waals surface area contributed by atoms with Gasteiger partial charge < -0.3 is 4.98 Å². The lowest BCUT2D eigenvalue weighted by Gasteiger charge is -2.03. The van der Waals surface area contributed by atoms with Gasteiger partial charge in [0.05, 0.1) is 5.02 Å². The summed E-state index contributed by atoms with van der Waals surface area (Å²) in [5.41, 5.74) is 0.289. The summed E-state index contributed by atoms with van der Waals surface area (Å²) in [6, 6.07) is 6.27. The number of rotatable bonds is 3. The van der Waals surface area contributed by atoms with Crippen molar-refractivity contribution in [3.63, 3.8) is 0 Å². The second-order valence-electron chi connectivity index (χ2n) is 3.15. The zero-order valence-electron chi connectivity index (χ0n) is 8.51. The Morgan fingerprint density at radius 1 is 1.35 bits per heavy atom. The second kappa shape index (κ2) is 5.16. The van der Waals surface area contributed by atoms with Gasteiger partial charge in [-0.2, -0.15) is 0 Å². The summed E-state index contributed by atoms with van der Waals surface area (Å²) in [6.07, 6.45) is 2.15. The molecule has 0 atom stereocenters. The van der Waals surface area contributed by atoms with Gasteiger partial charge in [0.1, 0.15) is 6.29 Å². The van der Waals surface area contributed by atoms with Crippen molar-refractivity contribution in [1.82, 2.24) is 9.97 Å². The Balaban J connectivity index is 2.30. The number of aromatic nitrogens is 2. The topological polar surface area (TPSA) is 62.8 Å². The third-order valence-corrected chi connectivity index (χ3v) is 3.35. The van der Waals surface area contributed by atoms with Crippen LogP contribution in [0.15, 0.2) is 45.3 Å². The van der Waals surface area contributed by atoms with Gasteiger partial charge in [0.15, 0.2) is 5.16 Å². The van der Waals surface area contributed by atoms with Crippen LogP contribution in [0, 0.1) is 0 Å². The van der Waals surface area contributed by atoms with Crippen LogP contribution in [0.1, 0.15) is 10.4 Å². The van der Waals surface area contributed by atoms with Gasteiger partial charge in [0, 0.05) is 22.7 Å². The summed E-state index contributed by atoms with van der Waals surface area (Å²) in [7, 11) is 0. The highest BCUT2D eigenvalue weighted by atomic mass is 35.5. The van der Waals surface area contributed by atoms with E-state index in [0.717, 1.165) is 11.2 Å². The van der Waals surface area contributed by atoms with Crippen LogP contribution in [0.5, 0.6) is 0 Å². The van der Waals surface area contributed by atoms with Crippen LogP contribution >= 0.6 is 23.4 Å². The number of hydrogen-bond acceptors (Lipinski definition) is 4. The fraction of sp³-hybridized carbons (Fsp3) is 0. The highest BCUT2D eigenvalue weighted by Gasteiger charge is 2.05. The van der Waals surface area contributed by atoms with E-state index in [1.165, 1.54) is 24.0 Å². The molecule has 86 valence electrons. The van der Waals surface area contributed by atoms with Crippen molar-refractivity contribution in [1.29, 1.82) is 0 Å². The van der Waals surface area contributed by atoms with Gasteiger partial charge >= 0.3 is 0 Å². The first kappa shape index (κ1) is 11.9. The van der Waals surface area contributed by atoms with Crippen LogP contribution in [0.3, 0.4) is 0 Å². The third-order valence-electron chi connectivity index (χ3n) is 1.95. The average Bonchev–Trinajstić information content (AvgIpc) is 2.32. The molecule has 0 saturated heterocycles. The largest absolute Gasteiger partial charge is 0.301 e. The summed E-state index contributed by atoms with van der Waals surface area (Å²) in [5, 5.41) is 0.907. The van der Waals surface area contributed by atoms with Gasteiger partial charge in [-0.15, -0.1) is 0 Å². The summed E-state index contributed by atoms with van der Waals surface area (Å²) in [6.45, 7) is 0. The molecule has 17 heavy (non-hydrogen) atoms. The molecule has 0 aliphatic heterocycles. The number of benzene rings is 1. The Morgan fingerprint density at radius 3 is 2.82 bits per heavy atom. The first-order valence-corrected chi connectivity index (χ1v) is 5.86. The number of nitrogens with one attached hydrogen (secondary N) is 1. The highest BCUT2D eigenvalue weighted by molar-refractivity contribution is 7.99. The van der Waals surface area contributed by atoms with E-state index in [1.807, 2.05) is 0 Å². The molecule has 0 saturated carbocycles. The lowest BCUT2D eigenvalue weighted by Crippen LogP contribution is -2.04. The van der Waals surface area contributed by atoms with Crippen molar-refractivity contribution >= 4 is 29.6 Å². The minimum absolute atomic E-state index is 0.219. The van der Waals surface area contributed by atoms with Crippen molar-refractivity contribution in [2.24, 2.45) is 0 Å². The highest BCUT2D eigenvalue weighted by Crippen LogP contribution is 2.30. The van der Waals surface area contributed by atoms with Crippen LogP contribution in [-0.2, 0) is 0 Å². The number of hydrogen-bond donors (Lipinski definition) is 1. The molecule has 0 aliphatic rings. The molecule has 0 spiro atoms. The zero-order chi connectivity index (χ0) is 12.3. The summed E-state index contributed by atoms with van der Waals surface area (Å²) >= 11 is 7.23. The second-order valence-corrected chi connectivity index (χ2v) is 4.59. The molecule has 0 amide bonds. The predicted molar refractivity (Wildman–Crippen MR) is 65.8 cm³/mol. The van der Waals surface area contributed by atoms with Crippen LogP contribution in [0.4, 0.5) is 0 Å². The first-order valence-electron chi connectivity index (χ1n) is 4.67. The number of carbonyl (C=O) groups excluding carboxylic acids is 1. The normalized spacial score (nSPS) is 10.2. The maximum Gasteiger partial charge on any atom is 0.251 e. The Hall–Kier alpha value is -1.59. The van der Waals surface area contributed by atoms with Crippen molar-refractivity contribution in [2.75, 3.05) is 0 Å².